The normalized spacial score (nSPS) is 10.6. The minimum absolute atomic E-state index is 0.0370. The Morgan fingerprint density at radius 1 is 1.50 bits per heavy atom. The standard InChI is InChI=1S/C12H16ClNO2/c1-8(2)7-14(3)12(16)10-6-9(13)4-5-11(10)15/h4-6,8,15H,7H2,1-3H3. The van der Waals surface area contributed by atoms with Crippen LogP contribution in [0.1, 0.15) is 24.2 Å². The lowest BCUT2D eigenvalue weighted by Gasteiger charge is -2.19. The van der Waals surface area contributed by atoms with Crippen LogP contribution in [0.15, 0.2) is 18.2 Å². The summed E-state index contributed by atoms with van der Waals surface area (Å²) in [5.74, 6) is 0.133. The van der Waals surface area contributed by atoms with E-state index in [4.69, 9.17) is 11.6 Å². The van der Waals surface area contributed by atoms with Crippen LogP contribution in [0.5, 0.6) is 5.75 Å². The van der Waals surface area contributed by atoms with E-state index in [9.17, 15) is 9.90 Å². The molecule has 0 aliphatic heterocycles. The van der Waals surface area contributed by atoms with Crippen molar-refractivity contribution in [2.24, 2.45) is 5.92 Å². The van der Waals surface area contributed by atoms with Crippen LogP contribution in [-0.4, -0.2) is 29.5 Å². The quantitative estimate of drug-likeness (QED) is 0.884. The molecule has 0 saturated carbocycles. The van der Waals surface area contributed by atoms with Gasteiger partial charge in [0.2, 0.25) is 0 Å². The molecule has 0 bridgehead atoms. The van der Waals surface area contributed by atoms with E-state index in [1.165, 1.54) is 12.1 Å². The molecule has 0 heterocycles. The highest BCUT2D eigenvalue weighted by Crippen LogP contribution is 2.22. The summed E-state index contributed by atoms with van der Waals surface area (Å²) in [6.45, 7) is 4.70. The zero-order chi connectivity index (χ0) is 12.3. The maximum atomic E-state index is 12.0. The number of carbonyl (C=O) groups excluding carboxylic acids is 1. The van der Waals surface area contributed by atoms with Crippen molar-refractivity contribution in [1.29, 1.82) is 0 Å². The van der Waals surface area contributed by atoms with Gasteiger partial charge in [0.05, 0.1) is 5.56 Å². The molecule has 0 atom stereocenters. The largest absolute Gasteiger partial charge is 0.507 e. The number of hydrogen-bond acceptors (Lipinski definition) is 2. The van der Waals surface area contributed by atoms with Crippen molar-refractivity contribution < 1.29 is 9.90 Å². The molecule has 1 aromatic rings. The molecular weight excluding hydrogens is 226 g/mol. The minimum atomic E-state index is -0.214. The number of phenols is 1. The number of hydrogen-bond donors (Lipinski definition) is 1. The summed E-state index contributed by atoms with van der Waals surface area (Å²) in [4.78, 5) is 13.5. The Hall–Kier alpha value is -1.22. The monoisotopic (exact) mass is 241 g/mol. The predicted octanol–water partition coefficient (Wildman–Crippen LogP) is 2.77. The van der Waals surface area contributed by atoms with Crippen LogP contribution in [0.2, 0.25) is 5.02 Å². The van der Waals surface area contributed by atoms with E-state index in [2.05, 4.69) is 0 Å². The molecule has 0 aliphatic carbocycles. The number of rotatable bonds is 3. The molecule has 0 radical (unpaired) electrons. The molecule has 1 N–H and O–H groups in total. The second-order valence-electron chi connectivity index (χ2n) is 4.24. The van der Waals surface area contributed by atoms with Gasteiger partial charge in [-0.25, -0.2) is 0 Å². The van der Waals surface area contributed by atoms with Crippen LogP contribution in [0.25, 0.3) is 0 Å². The van der Waals surface area contributed by atoms with Gasteiger partial charge in [-0.1, -0.05) is 25.4 Å². The first-order valence-corrected chi connectivity index (χ1v) is 5.53. The number of phenolic OH excluding ortho intramolecular Hbond substituents is 1. The Balaban J connectivity index is 2.91. The van der Waals surface area contributed by atoms with Gasteiger partial charge in [-0.15, -0.1) is 0 Å². The molecule has 0 aromatic heterocycles. The fourth-order valence-electron chi connectivity index (χ4n) is 1.52. The van der Waals surface area contributed by atoms with Crippen molar-refractivity contribution >= 4 is 17.5 Å². The zero-order valence-corrected chi connectivity index (χ0v) is 10.5. The molecule has 1 rings (SSSR count). The first-order chi connectivity index (χ1) is 7.41. The third kappa shape index (κ3) is 3.14. The summed E-state index contributed by atoms with van der Waals surface area (Å²) < 4.78 is 0. The fourth-order valence-corrected chi connectivity index (χ4v) is 1.69. The first-order valence-electron chi connectivity index (χ1n) is 5.15. The SMILES string of the molecule is CC(C)CN(C)C(=O)c1cc(Cl)ccc1O. The molecule has 3 nitrogen and oxygen atoms in total. The van der Waals surface area contributed by atoms with Crippen LogP contribution < -0.4 is 0 Å². The van der Waals surface area contributed by atoms with Crippen molar-refractivity contribution in [1.82, 2.24) is 4.90 Å². The van der Waals surface area contributed by atoms with Crippen molar-refractivity contribution in [3.05, 3.63) is 28.8 Å². The number of benzene rings is 1. The van der Waals surface area contributed by atoms with Gasteiger partial charge in [0.1, 0.15) is 5.75 Å². The van der Waals surface area contributed by atoms with Crippen molar-refractivity contribution in [3.8, 4) is 5.75 Å². The van der Waals surface area contributed by atoms with E-state index < -0.39 is 0 Å². The van der Waals surface area contributed by atoms with Gasteiger partial charge in [0.25, 0.3) is 5.91 Å². The van der Waals surface area contributed by atoms with E-state index in [1.54, 1.807) is 18.0 Å². The third-order valence-electron chi connectivity index (χ3n) is 2.17. The Labute approximate surface area is 101 Å². The zero-order valence-electron chi connectivity index (χ0n) is 9.70. The molecule has 1 amide bonds. The molecule has 4 heteroatoms. The van der Waals surface area contributed by atoms with Gasteiger partial charge in [-0.2, -0.15) is 0 Å². The summed E-state index contributed by atoms with van der Waals surface area (Å²) in [6, 6.07) is 4.46. The highest BCUT2D eigenvalue weighted by atomic mass is 35.5. The number of carbonyl (C=O) groups is 1. The average molecular weight is 242 g/mol. The predicted molar refractivity (Wildman–Crippen MR) is 64.9 cm³/mol. The van der Waals surface area contributed by atoms with E-state index in [0.29, 0.717) is 17.5 Å². The number of amides is 1. The van der Waals surface area contributed by atoms with Gasteiger partial charge in [-0.05, 0) is 24.1 Å². The second kappa shape index (κ2) is 5.21. The van der Waals surface area contributed by atoms with Gasteiger partial charge >= 0.3 is 0 Å². The average Bonchev–Trinajstić information content (AvgIpc) is 2.19. The van der Waals surface area contributed by atoms with E-state index >= 15 is 0 Å². The van der Waals surface area contributed by atoms with Crippen molar-refractivity contribution in [2.75, 3.05) is 13.6 Å². The third-order valence-corrected chi connectivity index (χ3v) is 2.41. The smallest absolute Gasteiger partial charge is 0.257 e. The molecule has 0 spiro atoms. The Morgan fingerprint density at radius 2 is 2.12 bits per heavy atom. The van der Waals surface area contributed by atoms with E-state index in [-0.39, 0.29) is 17.2 Å². The lowest BCUT2D eigenvalue weighted by atomic mass is 10.1. The van der Waals surface area contributed by atoms with Gasteiger partial charge in [0.15, 0.2) is 0 Å². The molecule has 0 unspecified atom stereocenters. The molecule has 0 fully saturated rings. The van der Waals surface area contributed by atoms with Crippen LogP contribution in [-0.2, 0) is 0 Å². The maximum absolute atomic E-state index is 12.0. The van der Waals surface area contributed by atoms with Crippen LogP contribution >= 0.6 is 11.6 Å². The Morgan fingerprint density at radius 3 is 2.69 bits per heavy atom. The highest BCUT2D eigenvalue weighted by molar-refractivity contribution is 6.31. The Kier molecular flexibility index (Phi) is 4.19. The summed E-state index contributed by atoms with van der Waals surface area (Å²) >= 11 is 5.79. The number of halogens is 1. The maximum Gasteiger partial charge on any atom is 0.257 e. The van der Waals surface area contributed by atoms with Crippen LogP contribution in [0.3, 0.4) is 0 Å². The molecule has 0 saturated heterocycles. The molecule has 1 aromatic carbocycles. The van der Waals surface area contributed by atoms with Crippen molar-refractivity contribution in [2.45, 2.75) is 13.8 Å². The number of nitrogens with zero attached hydrogens (tertiary/aromatic N) is 1. The van der Waals surface area contributed by atoms with E-state index in [1.807, 2.05) is 13.8 Å². The van der Waals surface area contributed by atoms with Crippen LogP contribution in [0.4, 0.5) is 0 Å². The molecule has 0 aliphatic rings. The lowest BCUT2D eigenvalue weighted by molar-refractivity contribution is 0.0776. The molecular formula is C12H16ClNO2. The van der Waals surface area contributed by atoms with Crippen LogP contribution in [0, 0.1) is 5.92 Å². The van der Waals surface area contributed by atoms with E-state index in [0.717, 1.165) is 0 Å². The summed E-state index contributed by atoms with van der Waals surface area (Å²) in [5.41, 5.74) is 0.246. The van der Waals surface area contributed by atoms with Crippen molar-refractivity contribution in [3.63, 3.8) is 0 Å². The van der Waals surface area contributed by atoms with Gasteiger partial charge in [0, 0.05) is 18.6 Å². The Bertz CT molecular complexity index is 391. The minimum Gasteiger partial charge on any atom is -0.507 e. The summed E-state index contributed by atoms with van der Waals surface area (Å²) in [7, 11) is 1.71. The summed E-state index contributed by atoms with van der Waals surface area (Å²) in [6.07, 6.45) is 0. The van der Waals surface area contributed by atoms with Gasteiger partial charge in [-0.3, -0.25) is 4.79 Å². The highest BCUT2D eigenvalue weighted by Gasteiger charge is 2.16. The number of aromatic hydroxyl groups is 1. The van der Waals surface area contributed by atoms with Gasteiger partial charge < -0.3 is 10.0 Å². The molecule has 88 valence electrons. The lowest BCUT2D eigenvalue weighted by Crippen LogP contribution is -2.30. The molecule has 16 heavy (non-hydrogen) atoms. The topological polar surface area (TPSA) is 40.5 Å². The fraction of sp³-hybridized carbons (Fsp3) is 0.417. The second-order valence-corrected chi connectivity index (χ2v) is 4.68. The summed E-state index contributed by atoms with van der Waals surface area (Å²) in [5, 5.41) is 10.0. The first kappa shape index (κ1) is 12.8.